The third-order valence-corrected chi connectivity index (χ3v) is 6.02. The third-order valence-electron chi connectivity index (χ3n) is 5.76. The molecule has 5 heteroatoms. The Morgan fingerprint density at radius 2 is 1.62 bits per heavy atom. The lowest BCUT2D eigenvalue weighted by molar-refractivity contribution is -0.128. The number of hydrogen-bond donors (Lipinski definition) is 0. The molecule has 1 amide bonds. The first-order valence-electron chi connectivity index (χ1n) is 9.25. The summed E-state index contributed by atoms with van der Waals surface area (Å²) in [5.41, 5.74) is 2.62. The summed E-state index contributed by atoms with van der Waals surface area (Å²) in [6.07, 6.45) is 6.60. The molecule has 2 aliphatic heterocycles. The summed E-state index contributed by atoms with van der Waals surface area (Å²) in [6, 6.07) is 12.0. The van der Waals surface area contributed by atoms with E-state index in [1.165, 1.54) is 5.56 Å². The second-order valence-electron chi connectivity index (χ2n) is 7.68. The van der Waals surface area contributed by atoms with Crippen molar-refractivity contribution in [3.8, 4) is 0 Å². The summed E-state index contributed by atoms with van der Waals surface area (Å²) in [7, 11) is 0. The molecular formula is C21H24ClN3O. The Hall–Kier alpha value is -1.91. The van der Waals surface area contributed by atoms with Gasteiger partial charge >= 0.3 is 0 Å². The number of rotatable bonds is 4. The fourth-order valence-corrected chi connectivity index (χ4v) is 4.33. The predicted octanol–water partition coefficient (Wildman–Crippen LogP) is 3.75. The van der Waals surface area contributed by atoms with E-state index in [9.17, 15) is 4.79 Å². The number of hydrogen-bond acceptors (Lipinski definition) is 3. The number of nitrogens with zero attached hydrogens (tertiary/aromatic N) is 3. The molecule has 136 valence electrons. The number of likely N-dealkylation sites (tertiary alicyclic amines) is 2. The van der Waals surface area contributed by atoms with Crippen molar-refractivity contribution in [2.45, 2.75) is 32.4 Å². The van der Waals surface area contributed by atoms with Crippen molar-refractivity contribution in [1.29, 1.82) is 0 Å². The van der Waals surface area contributed by atoms with Crippen molar-refractivity contribution in [3.63, 3.8) is 0 Å². The molecule has 1 aromatic carbocycles. The molecule has 0 saturated carbocycles. The van der Waals surface area contributed by atoms with Crippen LogP contribution in [0.15, 0.2) is 48.8 Å². The van der Waals surface area contributed by atoms with Crippen molar-refractivity contribution in [2.75, 3.05) is 19.6 Å². The molecule has 0 N–H and O–H groups in total. The van der Waals surface area contributed by atoms with Gasteiger partial charge in [-0.15, -0.1) is 0 Å². The van der Waals surface area contributed by atoms with Gasteiger partial charge in [0.15, 0.2) is 0 Å². The average Bonchev–Trinajstić information content (AvgIpc) is 2.95. The van der Waals surface area contributed by atoms with Gasteiger partial charge in [-0.1, -0.05) is 23.7 Å². The summed E-state index contributed by atoms with van der Waals surface area (Å²) >= 11 is 5.96. The lowest BCUT2D eigenvalue weighted by Gasteiger charge is -2.38. The highest BCUT2D eigenvalue weighted by molar-refractivity contribution is 6.30. The van der Waals surface area contributed by atoms with E-state index in [0.29, 0.717) is 18.9 Å². The molecule has 0 aliphatic carbocycles. The van der Waals surface area contributed by atoms with E-state index < -0.39 is 0 Å². The SMILES string of the molecule is O=C1CC2(CCN(Cc3ccncc3)CC2)CN1Cc1ccc(Cl)cc1. The van der Waals surface area contributed by atoms with Gasteiger partial charge in [-0.3, -0.25) is 14.7 Å². The van der Waals surface area contributed by atoms with Gasteiger partial charge < -0.3 is 4.90 Å². The van der Waals surface area contributed by atoms with Crippen LogP contribution in [0.2, 0.25) is 5.02 Å². The van der Waals surface area contributed by atoms with E-state index in [2.05, 4.69) is 22.0 Å². The first kappa shape index (κ1) is 17.5. The zero-order chi connectivity index (χ0) is 18.0. The molecule has 0 radical (unpaired) electrons. The number of amides is 1. The zero-order valence-electron chi connectivity index (χ0n) is 14.9. The smallest absolute Gasteiger partial charge is 0.223 e. The standard InChI is InChI=1S/C21H24ClN3O/c22-19-3-1-17(2-4-19)15-25-16-21(13-20(25)26)7-11-24(12-8-21)14-18-5-9-23-10-6-18/h1-6,9-10H,7-8,11-16H2. The molecule has 4 nitrogen and oxygen atoms in total. The average molecular weight is 370 g/mol. The number of pyridine rings is 1. The van der Waals surface area contributed by atoms with Crippen molar-refractivity contribution in [1.82, 2.24) is 14.8 Å². The summed E-state index contributed by atoms with van der Waals surface area (Å²) in [5.74, 6) is 0.294. The minimum absolute atomic E-state index is 0.165. The molecule has 0 bridgehead atoms. The molecule has 2 saturated heterocycles. The van der Waals surface area contributed by atoms with Gasteiger partial charge in [0.2, 0.25) is 5.91 Å². The van der Waals surface area contributed by atoms with Crippen LogP contribution in [0.4, 0.5) is 0 Å². The van der Waals surface area contributed by atoms with Crippen LogP contribution in [0.25, 0.3) is 0 Å². The predicted molar refractivity (Wildman–Crippen MR) is 103 cm³/mol. The van der Waals surface area contributed by atoms with Gasteiger partial charge in [0.1, 0.15) is 0 Å². The molecule has 1 aromatic heterocycles. The number of halogens is 1. The quantitative estimate of drug-likeness (QED) is 0.823. The molecule has 0 atom stereocenters. The van der Waals surface area contributed by atoms with Crippen LogP contribution in [0.3, 0.4) is 0 Å². The zero-order valence-corrected chi connectivity index (χ0v) is 15.7. The van der Waals surface area contributed by atoms with Gasteiger partial charge in [-0.2, -0.15) is 0 Å². The maximum atomic E-state index is 12.6. The molecule has 4 rings (SSSR count). The molecule has 2 aromatic rings. The Bertz CT molecular complexity index is 755. The summed E-state index contributed by atoms with van der Waals surface area (Å²) in [6.45, 7) is 4.67. The highest BCUT2D eigenvalue weighted by Gasteiger charge is 2.44. The van der Waals surface area contributed by atoms with Gasteiger partial charge in [-0.05, 0) is 66.7 Å². The number of piperidine rings is 1. The van der Waals surface area contributed by atoms with Gasteiger partial charge in [0.25, 0.3) is 0 Å². The number of carbonyl (C=O) groups is 1. The molecule has 1 spiro atoms. The maximum Gasteiger partial charge on any atom is 0.223 e. The molecule has 2 fully saturated rings. The van der Waals surface area contributed by atoms with Crippen LogP contribution in [0.1, 0.15) is 30.4 Å². The van der Waals surface area contributed by atoms with E-state index >= 15 is 0 Å². The summed E-state index contributed by atoms with van der Waals surface area (Å²) in [5, 5.41) is 0.736. The van der Waals surface area contributed by atoms with Crippen LogP contribution in [-0.2, 0) is 17.9 Å². The van der Waals surface area contributed by atoms with E-state index in [0.717, 1.165) is 49.6 Å². The number of aromatic nitrogens is 1. The monoisotopic (exact) mass is 369 g/mol. The largest absolute Gasteiger partial charge is 0.338 e. The van der Waals surface area contributed by atoms with Crippen LogP contribution < -0.4 is 0 Å². The Labute approximate surface area is 159 Å². The van der Waals surface area contributed by atoms with Gasteiger partial charge in [-0.25, -0.2) is 0 Å². The first-order valence-corrected chi connectivity index (χ1v) is 9.63. The topological polar surface area (TPSA) is 36.4 Å². The number of carbonyl (C=O) groups excluding carboxylic acids is 1. The van der Waals surface area contributed by atoms with E-state index in [-0.39, 0.29) is 5.41 Å². The van der Waals surface area contributed by atoms with Crippen molar-refractivity contribution in [3.05, 3.63) is 64.9 Å². The third kappa shape index (κ3) is 3.92. The van der Waals surface area contributed by atoms with E-state index in [4.69, 9.17) is 11.6 Å². The fraction of sp³-hybridized carbons (Fsp3) is 0.429. The highest BCUT2D eigenvalue weighted by Crippen LogP contribution is 2.41. The highest BCUT2D eigenvalue weighted by atomic mass is 35.5. The van der Waals surface area contributed by atoms with Crippen molar-refractivity contribution >= 4 is 17.5 Å². The minimum Gasteiger partial charge on any atom is -0.338 e. The minimum atomic E-state index is 0.165. The van der Waals surface area contributed by atoms with E-state index in [1.54, 1.807) is 0 Å². The Morgan fingerprint density at radius 1 is 0.962 bits per heavy atom. The maximum absolute atomic E-state index is 12.6. The first-order chi connectivity index (χ1) is 12.6. The molecule has 2 aliphatic rings. The molecule has 3 heterocycles. The summed E-state index contributed by atoms with van der Waals surface area (Å²) < 4.78 is 0. The fourth-order valence-electron chi connectivity index (χ4n) is 4.20. The lowest BCUT2D eigenvalue weighted by Crippen LogP contribution is -2.41. The second kappa shape index (κ2) is 7.37. The van der Waals surface area contributed by atoms with Crippen molar-refractivity contribution in [2.24, 2.45) is 5.41 Å². The van der Waals surface area contributed by atoms with Gasteiger partial charge in [0.05, 0.1) is 0 Å². The van der Waals surface area contributed by atoms with Gasteiger partial charge in [0, 0.05) is 43.5 Å². The van der Waals surface area contributed by atoms with Crippen LogP contribution in [0.5, 0.6) is 0 Å². The second-order valence-corrected chi connectivity index (χ2v) is 8.12. The van der Waals surface area contributed by atoms with Crippen LogP contribution >= 0.6 is 11.6 Å². The Balaban J connectivity index is 1.34. The Kier molecular flexibility index (Phi) is 4.96. The van der Waals surface area contributed by atoms with E-state index in [1.807, 2.05) is 41.6 Å². The lowest BCUT2D eigenvalue weighted by atomic mass is 9.77. The van der Waals surface area contributed by atoms with Crippen LogP contribution in [0, 0.1) is 5.41 Å². The van der Waals surface area contributed by atoms with Crippen LogP contribution in [-0.4, -0.2) is 40.3 Å². The molecule has 0 unspecified atom stereocenters. The Morgan fingerprint density at radius 3 is 2.31 bits per heavy atom. The van der Waals surface area contributed by atoms with Crippen molar-refractivity contribution < 1.29 is 4.79 Å². The normalized spacial score (nSPS) is 20.0. The molecule has 26 heavy (non-hydrogen) atoms. The molecular weight excluding hydrogens is 346 g/mol. The summed E-state index contributed by atoms with van der Waals surface area (Å²) in [4.78, 5) is 21.2. The number of benzene rings is 1.